The van der Waals surface area contributed by atoms with Crippen molar-refractivity contribution in [1.29, 1.82) is 0 Å². The van der Waals surface area contributed by atoms with Crippen molar-refractivity contribution in [3.05, 3.63) is 29.3 Å². The fraction of sp³-hybridized carbons (Fsp3) is 0.529. The summed E-state index contributed by atoms with van der Waals surface area (Å²) in [6.07, 6.45) is 5.35. The molecule has 1 saturated heterocycles. The van der Waals surface area contributed by atoms with Crippen molar-refractivity contribution in [2.24, 2.45) is 11.1 Å². The first kappa shape index (κ1) is 14.3. The molecule has 0 atom stereocenters. The molecule has 1 spiro atoms. The summed E-state index contributed by atoms with van der Waals surface area (Å²) in [5.74, 6) is -0.0522. The van der Waals surface area contributed by atoms with E-state index in [2.05, 4.69) is 0 Å². The van der Waals surface area contributed by atoms with Crippen molar-refractivity contribution in [2.45, 2.75) is 52.0 Å². The number of benzene rings is 1. The quantitative estimate of drug-likeness (QED) is 0.850. The first-order valence-electron chi connectivity index (χ1n) is 7.74. The molecule has 1 aromatic rings. The summed E-state index contributed by atoms with van der Waals surface area (Å²) in [5.41, 5.74) is 7.86. The molecular weight excluding hydrogens is 264 g/mol. The summed E-state index contributed by atoms with van der Waals surface area (Å²) >= 11 is 0. The number of aryl methyl sites for hydroxylation is 1. The van der Waals surface area contributed by atoms with Gasteiger partial charge in [-0.1, -0.05) is 31.4 Å². The molecule has 4 heteroatoms. The predicted molar refractivity (Wildman–Crippen MR) is 81.7 cm³/mol. The summed E-state index contributed by atoms with van der Waals surface area (Å²) in [6.45, 7) is 2.34. The topological polar surface area (TPSA) is 63.4 Å². The number of nitrogens with two attached hydrogens (primary N) is 1. The van der Waals surface area contributed by atoms with Gasteiger partial charge in [-0.3, -0.25) is 9.59 Å². The molecule has 112 valence electrons. The molecule has 1 aromatic carbocycles. The van der Waals surface area contributed by atoms with Gasteiger partial charge in [-0.25, -0.2) is 4.90 Å². The summed E-state index contributed by atoms with van der Waals surface area (Å²) < 4.78 is 0. The molecule has 0 aromatic heterocycles. The molecule has 1 heterocycles. The van der Waals surface area contributed by atoms with Gasteiger partial charge in [0.1, 0.15) is 0 Å². The van der Waals surface area contributed by atoms with E-state index < -0.39 is 5.41 Å². The van der Waals surface area contributed by atoms with Crippen LogP contribution in [0.5, 0.6) is 0 Å². The van der Waals surface area contributed by atoms with E-state index >= 15 is 0 Å². The second-order valence-electron chi connectivity index (χ2n) is 6.38. The van der Waals surface area contributed by atoms with Crippen molar-refractivity contribution < 1.29 is 9.59 Å². The number of anilines is 1. The highest BCUT2D eigenvalue weighted by Crippen LogP contribution is 2.46. The van der Waals surface area contributed by atoms with Crippen LogP contribution in [0.15, 0.2) is 18.2 Å². The van der Waals surface area contributed by atoms with E-state index in [1.54, 1.807) is 0 Å². The molecule has 0 radical (unpaired) electrons. The largest absolute Gasteiger partial charge is 0.326 e. The molecule has 1 aliphatic carbocycles. The number of carbonyl (C=O) groups is 2. The number of amides is 2. The molecule has 2 fully saturated rings. The van der Waals surface area contributed by atoms with Gasteiger partial charge in [-0.05, 0) is 37.0 Å². The van der Waals surface area contributed by atoms with Gasteiger partial charge < -0.3 is 5.73 Å². The number of rotatable bonds is 2. The van der Waals surface area contributed by atoms with Crippen LogP contribution in [0.1, 0.15) is 49.7 Å². The van der Waals surface area contributed by atoms with Gasteiger partial charge in [-0.15, -0.1) is 0 Å². The zero-order valence-corrected chi connectivity index (χ0v) is 12.5. The summed E-state index contributed by atoms with van der Waals surface area (Å²) in [7, 11) is 0. The predicted octanol–water partition coefficient (Wildman–Crippen LogP) is 2.67. The zero-order valence-electron chi connectivity index (χ0n) is 12.5. The average Bonchev–Trinajstić information content (AvgIpc) is 2.72. The minimum Gasteiger partial charge on any atom is -0.326 e. The van der Waals surface area contributed by atoms with Gasteiger partial charge in [0.2, 0.25) is 11.8 Å². The van der Waals surface area contributed by atoms with E-state index in [0.29, 0.717) is 13.0 Å². The normalized spacial score (nSPS) is 21.3. The first-order chi connectivity index (χ1) is 10.1. The van der Waals surface area contributed by atoms with Crippen molar-refractivity contribution in [3.63, 3.8) is 0 Å². The molecule has 2 aliphatic rings. The Kier molecular flexibility index (Phi) is 3.57. The van der Waals surface area contributed by atoms with Crippen LogP contribution in [-0.4, -0.2) is 11.8 Å². The molecule has 0 unspecified atom stereocenters. The molecule has 4 nitrogen and oxygen atoms in total. The number of imide groups is 1. The second-order valence-corrected chi connectivity index (χ2v) is 6.38. The van der Waals surface area contributed by atoms with Crippen molar-refractivity contribution in [1.82, 2.24) is 0 Å². The maximum Gasteiger partial charge on any atom is 0.240 e. The molecule has 3 rings (SSSR count). The van der Waals surface area contributed by atoms with E-state index in [1.165, 1.54) is 11.3 Å². The lowest BCUT2D eigenvalue weighted by Crippen LogP contribution is -2.37. The Hall–Kier alpha value is -1.68. The number of nitrogens with zero attached hydrogens (tertiary/aromatic N) is 1. The van der Waals surface area contributed by atoms with Crippen LogP contribution < -0.4 is 10.6 Å². The van der Waals surface area contributed by atoms with E-state index in [4.69, 9.17) is 5.73 Å². The van der Waals surface area contributed by atoms with Crippen LogP contribution in [0, 0.1) is 12.3 Å². The monoisotopic (exact) mass is 286 g/mol. The van der Waals surface area contributed by atoms with E-state index in [-0.39, 0.29) is 11.8 Å². The Labute approximate surface area is 125 Å². The third-order valence-corrected chi connectivity index (χ3v) is 4.96. The van der Waals surface area contributed by atoms with Crippen LogP contribution in [-0.2, 0) is 16.1 Å². The summed E-state index contributed by atoms with van der Waals surface area (Å²) in [5, 5.41) is 0. The van der Waals surface area contributed by atoms with Gasteiger partial charge in [0, 0.05) is 13.0 Å². The molecule has 21 heavy (non-hydrogen) atoms. The Morgan fingerprint density at radius 1 is 1.19 bits per heavy atom. The molecular formula is C17H22N2O2. The third-order valence-electron chi connectivity index (χ3n) is 4.96. The van der Waals surface area contributed by atoms with Crippen molar-refractivity contribution >= 4 is 17.5 Å². The van der Waals surface area contributed by atoms with E-state index in [9.17, 15) is 9.59 Å². The molecule has 2 N–H and O–H groups in total. The Bertz CT molecular complexity index is 588. The maximum atomic E-state index is 12.9. The molecule has 0 bridgehead atoms. The zero-order chi connectivity index (χ0) is 15.0. The number of hydrogen-bond acceptors (Lipinski definition) is 3. The lowest BCUT2D eigenvalue weighted by atomic mass is 9.73. The van der Waals surface area contributed by atoms with Crippen LogP contribution in [0.25, 0.3) is 0 Å². The van der Waals surface area contributed by atoms with Crippen LogP contribution in [0.2, 0.25) is 0 Å². The Morgan fingerprint density at radius 2 is 1.90 bits per heavy atom. The standard InChI is InChI=1S/C17H22N2O2/c1-12-5-6-13(11-18)9-14(12)19-15(20)10-17(16(19)21)7-3-2-4-8-17/h5-6,9H,2-4,7-8,10-11,18H2,1H3. The third kappa shape index (κ3) is 2.27. The minimum absolute atomic E-state index is 0.00414. The van der Waals surface area contributed by atoms with E-state index in [0.717, 1.165) is 42.5 Å². The molecule has 1 saturated carbocycles. The van der Waals surface area contributed by atoms with Crippen LogP contribution >= 0.6 is 0 Å². The first-order valence-corrected chi connectivity index (χ1v) is 7.74. The number of carbonyl (C=O) groups excluding carboxylic acids is 2. The van der Waals surface area contributed by atoms with E-state index in [1.807, 2.05) is 25.1 Å². The van der Waals surface area contributed by atoms with Gasteiger partial charge in [0.05, 0.1) is 11.1 Å². The fourth-order valence-electron chi connectivity index (χ4n) is 3.68. The SMILES string of the molecule is Cc1ccc(CN)cc1N1C(=O)CC2(CCCCC2)C1=O. The lowest BCUT2D eigenvalue weighted by molar-refractivity contribution is -0.127. The smallest absolute Gasteiger partial charge is 0.240 e. The highest BCUT2D eigenvalue weighted by Gasteiger charge is 2.52. The highest BCUT2D eigenvalue weighted by molar-refractivity contribution is 6.23. The van der Waals surface area contributed by atoms with Gasteiger partial charge >= 0.3 is 0 Å². The fourth-order valence-corrected chi connectivity index (χ4v) is 3.68. The number of hydrogen-bond donors (Lipinski definition) is 1. The Morgan fingerprint density at radius 3 is 2.57 bits per heavy atom. The second kappa shape index (κ2) is 5.26. The van der Waals surface area contributed by atoms with Gasteiger partial charge in [0.25, 0.3) is 0 Å². The summed E-state index contributed by atoms with van der Waals surface area (Å²) in [4.78, 5) is 26.8. The van der Waals surface area contributed by atoms with Crippen LogP contribution in [0.4, 0.5) is 5.69 Å². The highest BCUT2D eigenvalue weighted by atomic mass is 16.2. The van der Waals surface area contributed by atoms with Crippen molar-refractivity contribution in [2.75, 3.05) is 4.90 Å². The maximum absolute atomic E-state index is 12.9. The van der Waals surface area contributed by atoms with Crippen LogP contribution in [0.3, 0.4) is 0 Å². The molecule has 2 amide bonds. The lowest BCUT2D eigenvalue weighted by Gasteiger charge is -2.30. The average molecular weight is 286 g/mol. The minimum atomic E-state index is -0.430. The molecule has 1 aliphatic heterocycles. The Balaban J connectivity index is 1.99. The summed E-state index contributed by atoms with van der Waals surface area (Å²) in [6, 6.07) is 5.76. The van der Waals surface area contributed by atoms with Crippen molar-refractivity contribution in [3.8, 4) is 0 Å². The van der Waals surface area contributed by atoms with Gasteiger partial charge in [-0.2, -0.15) is 0 Å². The van der Waals surface area contributed by atoms with Gasteiger partial charge in [0.15, 0.2) is 0 Å².